The van der Waals surface area contributed by atoms with Crippen LogP contribution in [0, 0.1) is 11.7 Å². The molecule has 24 heavy (non-hydrogen) atoms. The molecule has 2 unspecified atom stereocenters. The van der Waals surface area contributed by atoms with Gasteiger partial charge in [0.1, 0.15) is 5.82 Å². The summed E-state index contributed by atoms with van der Waals surface area (Å²) in [7, 11) is 1.66. The van der Waals surface area contributed by atoms with Gasteiger partial charge in [-0.3, -0.25) is 0 Å². The summed E-state index contributed by atoms with van der Waals surface area (Å²) < 4.78 is 15.9. The molecule has 2 atom stereocenters. The number of nitrogens with one attached hydrogen (secondary N) is 1. The summed E-state index contributed by atoms with van der Waals surface area (Å²) in [4.78, 5) is 13.8. The van der Waals surface area contributed by atoms with Gasteiger partial charge in [0.2, 0.25) is 0 Å². The number of halogens is 1. The number of anilines is 1. The number of aromatic nitrogens is 1. The fourth-order valence-electron chi connectivity index (χ4n) is 3.15. The molecule has 1 heterocycles. The van der Waals surface area contributed by atoms with E-state index < -0.39 is 5.82 Å². The van der Waals surface area contributed by atoms with Gasteiger partial charge in [-0.15, -0.1) is 0 Å². The first kappa shape index (κ1) is 16.5. The van der Waals surface area contributed by atoms with Gasteiger partial charge in [-0.25, -0.2) is 9.18 Å². The summed E-state index contributed by atoms with van der Waals surface area (Å²) in [5.74, 6) is -0.384. The molecule has 0 spiro atoms. The zero-order chi connectivity index (χ0) is 17.1. The van der Waals surface area contributed by atoms with E-state index in [0.717, 1.165) is 24.9 Å². The van der Waals surface area contributed by atoms with Crippen molar-refractivity contribution in [3.8, 4) is 5.69 Å². The molecule has 1 saturated carbocycles. The molecule has 1 aliphatic carbocycles. The van der Waals surface area contributed by atoms with Crippen molar-refractivity contribution in [2.45, 2.75) is 25.4 Å². The molecule has 3 rings (SSSR count). The van der Waals surface area contributed by atoms with Crippen LogP contribution in [0.25, 0.3) is 5.69 Å². The van der Waals surface area contributed by atoms with Crippen LogP contribution in [-0.4, -0.2) is 40.3 Å². The van der Waals surface area contributed by atoms with E-state index in [0.29, 0.717) is 6.54 Å². The number of hydrogen-bond acceptors (Lipinski definition) is 2. The lowest BCUT2D eigenvalue weighted by Gasteiger charge is -2.23. The van der Waals surface area contributed by atoms with Crippen LogP contribution in [0.1, 0.15) is 19.3 Å². The zero-order valence-electron chi connectivity index (χ0n) is 13.7. The number of aliphatic hydroxyl groups is 1. The Labute approximate surface area is 140 Å². The molecule has 1 fully saturated rings. The van der Waals surface area contributed by atoms with Gasteiger partial charge in [-0.2, -0.15) is 0 Å². The van der Waals surface area contributed by atoms with Crippen molar-refractivity contribution in [1.82, 2.24) is 9.47 Å². The van der Waals surface area contributed by atoms with Crippen LogP contribution in [0.2, 0.25) is 0 Å². The van der Waals surface area contributed by atoms with Crippen molar-refractivity contribution >= 4 is 11.7 Å². The SMILES string of the molecule is CN(CC1CCCC1O)C(=O)Nc1cc(-n2cccc2)ccc1F. The summed E-state index contributed by atoms with van der Waals surface area (Å²) >= 11 is 0. The van der Waals surface area contributed by atoms with E-state index in [1.54, 1.807) is 19.2 Å². The second-order valence-corrected chi connectivity index (χ2v) is 6.32. The monoisotopic (exact) mass is 331 g/mol. The minimum Gasteiger partial charge on any atom is -0.393 e. The minimum atomic E-state index is -0.478. The summed E-state index contributed by atoms with van der Waals surface area (Å²) in [5, 5.41) is 12.5. The Morgan fingerprint density at radius 2 is 2.12 bits per heavy atom. The van der Waals surface area contributed by atoms with E-state index in [2.05, 4.69) is 5.32 Å². The number of carbonyl (C=O) groups excluding carboxylic acids is 1. The van der Waals surface area contributed by atoms with Gasteiger partial charge in [-0.05, 0) is 43.2 Å². The molecule has 2 N–H and O–H groups in total. The predicted octanol–water partition coefficient (Wildman–Crippen LogP) is 3.24. The smallest absolute Gasteiger partial charge is 0.321 e. The maximum Gasteiger partial charge on any atom is 0.321 e. The number of rotatable bonds is 4. The number of benzene rings is 1. The van der Waals surface area contributed by atoms with Crippen molar-refractivity contribution in [3.05, 3.63) is 48.5 Å². The van der Waals surface area contributed by atoms with E-state index >= 15 is 0 Å². The van der Waals surface area contributed by atoms with Crippen molar-refractivity contribution < 1.29 is 14.3 Å². The summed E-state index contributed by atoms with van der Waals surface area (Å²) in [6.07, 6.45) is 6.03. The van der Waals surface area contributed by atoms with Gasteiger partial charge >= 0.3 is 6.03 Å². The van der Waals surface area contributed by atoms with Gasteiger partial charge in [-0.1, -0.05) is 6.42 Å². The Hall–Kier alpha value is -2.34. The van der Waals surface area contributed by atoms with Gasteiger partial charge in [0.05, 0.1) is 11.8 Å². The zero-order valence-corrected chi connectivity index (χ0v) is 13.7. The predicted molar refractivity (Wildman–Crippen MR) is 90.7 cm³/mol. The maximum absolute atomic E-state index is 14.0. The Kier molecular flexibility index (Phi) is 4.85. The van der Waals surface area contributed by atoms with Crippen LogP contribution in [0.15, 0.2) is 42.7 Å². The van der Waals surface area contributed by atoms with Gasteiger partial charge in [0.25, 0.3) is 0 Å². The van der Waals surface area contributed by atoms with Crippen LogP contribution < -0.4 is 5.32 Å². The quantitative estimate of drug-likeness (QED) is 0.903. The van der Waals surface area contributed by atoms with E-state index in [4.69, 9.17) is 0 Å². The molecular weight excluding hydrogens is 309 g/mol. The van der Waals surface area contributed by atoms with Crippen molar-refractivity contribution in [1.29, 1.82) is 0 Å². The minimum absolute atomic E-state index is 0.0943. The third-order valence-corrected chi connectivity index (χ3v) is 4.57. The third-order valence-electron chi connectivity index (χ3n) is 4.57. The standard InChI is InChI=1S/C18H22FN3O2/c1-21(12-13-5-4-6-17(13)23)18(24)20-16-11-14(7-8-15(16)19)22-9-2-3-10-22/h2-3,7-11,13,17,23H,4-6,12H2,1H3,(H,20,24). The molecule has 0 bridgehead atoms. The number of amides is 2. The molecule has 0 aliphatic heterocycles. The molecule has 0 radical (unpaired) electrons. The number of nitrogens with zero attached hydrogens (tertiary/aromatic N) is 2. The average molecular weight is 331 g/mol. The molecule has 5 nitrogen and oxygen atoms in total. The summed E-state index contributed by atoms with van der Waals surface area (Å²) in [6.45, 7) is 0.464. The van der Waals surface area contributed by atoms with E-state index in [1.807, 2.05) is 29.1 Å². The third kappa shape index (κ3) is 3.59. The molecule has 128 valence electrons. The van der Waals surface area contributed by atoms with Crippen LogP contribution in [0.5, 0.6) is 0 Å². The largest absolute Gasteiger partial charge is 0.393 e. The van der Waals surface area contributed by atoms with Crippen molar-refractivity contribution in [3.63, 3.8) is 0 Å². The normalized spacial score (nSPS) is 20.1. The lowest BCUT2D eigenvalue weighted by molar-refractivity contribution is 0.116. The van der Waals surface area contributed by atoms with Gasteiger partial charge in [0, 0.05) is 37.6 Å². The number of carbonyl (C=O) groups is 1. The summed E-state index contributed by atoms with van der Waals surface area (Å²) in [5.41, 5.74) is 0.913. The highest BCUT2D eigenvalue weighted by molar-refractivity contribution is 5.89. The van der Waals surface area contributed by atoms with Crippen molar-refractivity contribution in [2.75, 3.05) is 18.9 Å². The van der Waals surface area contributed by atoms with Crippen LogP contribution >= 0.6 is 0 Å². The fraction of sp³-hybridized carbons (Fsp3) is 0.389. The highest BCUT2D eigenvalue weighted by Gasteiger charge is 2.27. The Morgan fingerprint density at radius 1 is 1.38 bits per heavy atom. The first-order valence-electron chi connectivity index (χ1n) is 8.17. The van der Waals surface area contributed by atoms with E-state index in [9.17, 15) is 14.3 Å². The highest BCUT2D eigenvalue weighted by Crippen LogP contribution is 2.26. The Bertz CT molecular complexity index is 702. The molecule has 6 heteroatoms. The van der Waals surface area contributed by atoms with Crippen LogP contribution in [0.4, 0.5) is 14.9 Å². The van der Waals surface area contributed by atoms with Gasteiger partial charge in [0.15, 0.2) is 0 Å². The van der Waals surface area contributed by atoms with E-state index in [-0.39, 0.29) is 23.7 Å². The molecular formula is C18H22FN3O2. The van der Waals surface area contributed by atoms with Gasteiger partial charge < -0.3 is 19.9 Å². The molecule has 1 aromatic carbocycles. The number of urea groups is 1. The van der Waals surface area contributed by atoms with Crippen LogP contribution in [-0.2, 0) is 0 Å². The maximum atomic E-state index is 14.0. The van der Waals surface area contributed by atoms with Crippen molar-refractivity contribution in [2.24, 2.45) is 5.92 Å². The Morgan fingerprint density at radius 3 is 2.79 bits per heavy atom. The molecule has 1 aliphatic rings. The second-order valence-electron chi connectivity index (χ2n) is 6.32. The van der Waals surface area contributed by atoms with E-state index in [1.165, 1.54) is 11.0 Å². The second kappa shape index (κ2) is 7.05. The first-order chi connectivity index (χ1) is 11.5. The molecule has 2 amide bonds. The Balaban J connectivity index is 1.68. The molecule has 2 aromatic rings. The average Bonchev–Trinajstić information content (AvgIpc) is 3.22. The molecule has 0 saturated heterocycles. The fourth-order valence-corrected chi connectivity index (χ4v) is 3.15. The first-order valence-corrected chi connectivity index (χ1v) is 8.17. The highest BCUT2D eigenvalue weighted by atomic mass is 19.1. The number of hydrogen-bond donors (Lipinski definition) is 2. The lowest BCUT2D eigenvalue weighted by Crippen LogP contribution is -2.37. The lowest BCUT2D eigenvalue weighted by atomic mass is 10.1. The van der Waals surface area contributed by atoms with Crippen LogP contribution in [0.3, 0.4) is 0 Å². The summed E-state index contributed by atoms with van der Waals surface area (Å²) in [6, 6.07) is 7.98. The topological polar surface area (TPSA) is 57.5 Å². The molecule has 1 aromatic heterocycles. The number of aliphatic hydroxyl groups excluding tert-OH is 1.